The van der Waals surface area contributed by atoms with Crippen LogP contribution in [0.25, 0.3) is 0 Å². The van der Waals surface area contributed by atoms with Crippen LogP contribution in [0.3, 0.4) is 0 Å². The van der Waals surface area contributed by atoms with Gasteiger partial charge in [0, 0.05) is 6.61 Å². The van der Waals surface area contributed by atoms with Crippen molar-refractivity contribution in [3.8, 4) is 5.75 Å². The normalized spacial score (nSPS) is 19.6. The van der Waals surface area contributed by atoms with Crippen LogP contribution in [0.1, 0.15) is 39.2 Å². The molecule has 20 heavy (non-hydrogen) atoms. The second-order valence-corrected chi connectivity index (χ2v) is 6.39. The number of hydrogen-bond acceptors (Lipinski definition) is 3. The van der Waals surface area contributed by atoms with Gasteiger partial charge in [-0.3, -0.25) is 4.79 Å². The van der Waals surface area contributed by atoms with Crippen LogP contribution in [-0.4, -0.2) is 24.2 Å². The number of rotatable bonds is 2. The molecule has 0 aliphatic carbocycles. The molecule has 2 rings (SSSR count). The predicted octanol–water partition coefficient (Wildman–Crippen LogP) is 3.05. The average molecular weight is 277 g/mol. The molecule has 0 unspecified atom stereocenters. The summed E-state index contributed by atoms with van der Waals surface area (Å²) < 4.78 is 5.31. The number of nitrogens with one attached hydrogen (secondary N) is 1. The van der Waals surface area contributed by atoms with Gasteiger partial charge in [-0.2, -0.15) is 0 Å². The monoisotopic (exact) mass is 277 g/mol. The summed E-state index contributed by atoms with van der Waals surface area (Å²) in [6.45, 7) is 7.44. The summed E-state index contributed by atoms with van der Waals surface area (Å²) >= 11 is 0. The maximum Gasteiger partial charge on any atom is 0.229 e. The van der Waals surface area contributed by atoms with Crippen molar-refractivity contribution in [2.75, 3.05) is 18.5 Å². The third kappa shape index (κ3) is 3.51. The summed E-state index contributed by atoms with van der Waals surface area (Å²) in [6.07, 6.45) is 1.75. The lowest BCUT2D eigenvalue weighted by Gasteiger charge is -2.22. The van der Waals surface area contributed by atoms with E-state index in [4.69, 9.17) is 4.74 Å². The van der Waals surface area contributed by atoms with Crippen LogP contribution >= 0.6 is 0 Å². The minimum absolute atomic E-state index is 0.0305. The smallest absolute Gasteiger partial charge is 0.229 e. The van der Waals surface area contributed by atoms with Crippen molar-refractivity contribution in [1.29, 1.82) is 0 Å². The molecule has 1 amide bonds. The minimum atomic E-state index is -0.120. The Morgan fingerprint density at radius 3 is 2.70 bits per heavy atom. The van der Waals surface area contributed by atoms with Gasteiger partial charge in [0.15, 0.2) is 0 Å². The van der Waals surface area contributed by atoms with Gasteiger partial charge in [-0.05, 0) is 36.0 Å². The molecule has 1 atom stereocenters. The van der Waals surface area contributed by atoms with E-state index in [2.05, 4.69) is 26.1 Å². The predicted molar refractivity (Wildman–Crippen MR) is 79.0 cm³/mol. The van der Waals surface area contributed by atoms with Gasteiger partial charge < -0.3 is 15.2 Å². The van der Waals surface area contributed by atoms with Crippen LogP contribution in [0.2, 0.25) is 0 Å². The molecule has 0 spiro atoms. The van der Waals surface area contributed by atoms with E-state index >= 15 is 0 Å². The average Bonchev–Trinajstić information content (AvgIpc) is 2.41. The molecule has 4 nitrogen and oxygen atoms in total. The molecule has 1 aliphatic heterocycles. The Morgan fingerprint density at radius 2 is 2.15 bits per heavy atom. The van der Waals surface area contributed by atoms with Crippen LogP contribution < -0.4 is 5.32 Å². The Hall–Kier alpha value is -1.55. The van der Waals surface area contributed by atoms with Gasteiger partial charge in [0.1, 0.15) is 5.75 Å². The molecule has 0 bridgehead atoms. The minimum Gasteiger partial charge on any atom is -0.506 e. The van der Waals surface area contributed by atoms with Crippen LogP contribution in [-0.2, 0) is 14.9 Å². The van der Waals surface area contributed by atoms with Crippen molar-refractivity contribution in [3.63, 3.8) is 0 Å². The van der Waals surface area contributed by atoms with E-state index in [0.29, 0.717) is 12.3 Å². The molecule has 1 saturated heterocycles. The Kier molecular flexibility index (Phi) is 4.33. The summed E-state index contributed by atoms with van der Waals surface area (Å²) in [7, 11) is 0. The quantitative estimate of drug-likeness (QED) is 0.817. The van der Waals surface area contributed by atoms with Crippen molar-refractivity contribution in [1.82, 2.24) is 0 Å². The van der Waals surface area contributed by atoms with E-state index in [1.54, 1.807) is 12.1 Å². The molecule has 1 heterocycles. The molecule has 1 fully saturated rings. The summed E-state index contributed by atoms with van der Waals surface area (Å²) in [5.41, 5.74) is 1.47. The third-order valence-corrected chi connectivity index (χ3v) is 3.65. The highest BCUT2D eigenvalue weighted by atomic mass is 16.5. The highest BCUT2D eigenvalue weighted by molar-refractivity contribution is 5.94. The summed E-state index contributed by atoms with van der Waals surface area (Å²) in [6, 6.07) is 5.41. The SMILES string of the molecule is CC(C)(C)c1ccc(NC(=O)[C@@H]2CCCOC2)c(O)c1. The topological polar surface area (TPSA) is 58.6 Å². The van der Waals surface area contributed by atoms with Crippen molar-refractivity contribution in [3.05, 3.63) is 23.8 Å². The molecular weight excluding hydrogens is 254 g/mol. The molecule has 2 N–H and O–H groups in total. The Labute approximate surface area is 120 Å². The Bertz CT molecular complexity index is 485. The first-order chi connectivity index (χ1) is 9.38. The second kappa shape index (κ2) is 5.83. The molecule has 1 aromatic rings. The zero-order valence-electron chi connectivity index (χ0n) is 12.4. The Balaban J connectivity index is 2.08. The number of phenolic OH excluding ortho intramolecular Hbond substituents is 1. The van der Waals surface area contributed by atoms with Crippen LogP contribution in [0.4, 0.5) is 5.69 Å². The molecule has 0 aromatic heterocycles. The van der Waals surface area contributed by atoms with E-state index in [9.17, 15) is 9.90 Å². The van der Waals surface area contributed by atoms with Crippen molar-refractivity contribution in [2.45, 2.75) is 39.0 Å². The maximum atomic E-state index is 12.1. The van der Waals surface area contributed by atoms with Gasteiger partial charge in [-0.1, -0.05) is 26.8 Å². The first-order valence-electron chi connectivity index (χ1n) is 7.10. The van der Waals surface area contributed by atoms with Gasteiger partial charge in [0.2, 0.25) is 5.91 Å². The van der Waals surface area contributed by atoms with E-state index < -0.39 is 0 Å². The molecule has 1 aliphatic rings. The highest BCUT2D eigenvalue weighted by Crippen LogP contribution is 2.31. The molecule has 0 saturated carbocycles. The molecular formula is C16H23NO3. The highest BCUT2D eigenvalue weighted by Gasteiger charge is 2.23. The lowest BCUT2D eigenvalue weighted by molar-refractivity contribution is -0.123. The first-order valence-corrected chi connectivity index (χ1v) is 7.10. The van der Waals surface area contributed by atoms with Crippen molar-refractivity contribution >= 4 is 11.6 Å². The number of benzene rings is 1. The van der Waals surface area contributed by atoms with E-state index in [0.717, 1.165) is 25.0 Å². The van der Waals surface area contributed by atoms with E-state index in [1.165, 1.54) is 0 Å². The summed E-state index contributed by atoms with van der Waals surface area (Å²) in [5.74, 6) is -0.0866. The van der Waals surface area contributed by atoms with Gasteiger partial charge >= 0.3 is 0 Å². The number of carbonyl (C=O) groups is 1. The van der Waals surface area contributed by atoms with E-state index in [1.807, 2.05) is 6.07 Å². The molecule has 1 aromatic carbocycles. The maximum absolute atomic E-state index is 12.1. The fraction of sp³-hybridized carbons (Fsp3) is 0.562. The standard InChI is InChI=1S/C16H23NO3/c1-16(2,3)12-6-7-13(14(18)9-12)17-15(19)11-5-4-8-20-10-11/h6-7,9,11,18H,4-5,8,10H2,1-3H3,(H,17,19)/t11-/m1/s1. The number of ether oxygens (including phenoxy) is 1. The number of phenols is 1. The fourth-order valence-electron chi connectivity index (χ4n) is 2.29. The van der Waals surface area contributed by atoms with Crippen LogP contribution in [0.5, 0.6) is 5.75 Å². The van der Waals surface area contributed by atoms with Crippen molar-refractivity contribution in [2.24, 2.45) is 5.92 Å². The summed E-state index contributed by atoms with van der Waals surface area (Å²) in [5, 5.41) is 12.8. The lowest BCUT2D eigenvalue weighted by Crippen LogP contribution is -2.30. The van der Waals surface area contributed by atoms with Gasteiger partial charge in [-0.25, -0.2) is 0 Å². The fourth-order valence-corrected chi connectivity index (χ4v) is 2.29. The zero-order chi connectivity index (χ0) is 14.8. The zero-order valence-corrected chi connectivity index (χ0v) is 12.4. The number of carbonyl (C=O) groups excluding carboxylic acids is 1. The van der Waals surface area contributed by atoms with Crippen molar-refractivity contribution < 1.29 is 14.6 Å². The second-order valence-electron chi connectivity index (χ2n) is 6.39. The number of anilines is 1. The van der Waals surface area contributed by atoms with Crippen LogP contribution in [0.15, 0.2) is 18.2 Å². The number of aromatic hydroxyl groups is 1. The van der Waals surface area contributed by atoms with Gasteiger partial charge in [-0.15, -0.1) is 0 Å². The van der Waals surface area contributed by atoms with Gasteiger partial charge in [0.05, 0.1) is 18.2 Å². The number of hydrogen-bond donors (Lipinski definition) is 2. The van der Waals surface area contributed by atoms with Gasteiger partial charge in [0.25, 0.3) is 0 Å². The molecule has 0 radical (unpaired) electrons. The third-order valence-electron chi connectivity index (χ3n) is 3.65. The lowest BCUT2D eigenvalue weighted by atomic mass is 9.87. The van der Waals surface area contributed by atoms with Crippen LogP contribution in [0, 0.1) is 5.92 Å². The largest absolute Gasteiger partial charge is 0.506 e. The summed E-state index contributed by atoms with van der Waals surface area (Å²) in [4.78, 5) is 12.1. The molecule has 110 valence electrons. The Morgan fingerprint density at radius 1 is 1.40 bits per heavy atom. The first kappa shape index (κ1) is 14.9. The molecule has 4 heteroatoms. The van der Waals surface area contributed by atoms with E-state index in [-0.39, 0.29) is 23.0 Å². The number of amides is 1.